The molecule has 90 valence electrons. The van der Waals surface area contributed by atoms with E-state index in [9.17, 15) is 4.79 Å². The molecule has 1 fully saturated rings. The van der Waals surface area contributed by atoms with Crippen molar-refractivity contribution < 1.29 is 4.79 Å². The number of piperazine rings is 1. The fourth-order valence-corrected chi connectivity index (χ4v) is 2.91. The predicted molar refractivity (Wildman–Crippen MR) is 68.8 cm³/mol. The number of carbonyl (C=O) groups excluding carboxylic acids is 1. The zero-order chi connectivity index (χ0) is 12.0. The molecule has 5 heteroatoms. The number of halogens is 1. The Labute approximate surface area is 105 Å². The Bertz CT molecular complexity index is 489. The standard InChI is InChI=1S/C12H14ClN3O/c1-7-4-8(13)5-9-11(7)16-3-2-14-6-10(16)12(17)15-9/h4-5,10,14H,2-3,6H2,1H3,(H,15,17). The molecule has 0 aromatic heterocycles. The lowest BCUT2D eigenvalue weighted by atomic mass is 10.0. The molecule has 1 aromatic carbocycles. The van der Waals surface area contributed by atoms with Crippen molar-refractivity contribution in [1.82, 2.24) is 5.32 Å². The van der Waals surface area contributed by atoms with Gasteiger partial charge in [-0.05, 0) is 24.6 Å². The Morgan fingerprint density at radius 1 is 1.47 bits per heavy atom. The van der Waals surface area contributed by atoms with Crippen molar-refractivity contribution in [2.24, 2.45) is 0 Å². The van der Waals surface area contributed by atoms with Crippen molar-refractivity contribution in [3.63, 3.8) is 0 Å². The van der Waals surface area contributed by atoms with Gasteiger partial charge in [-0.3, -0.25) is 4.79 Å². The van der Waals surface area contributed by atoms with E-state index in [0.29, 0.717) is 11.6 Å². The Morgan fingerprint density at radius 2 is 2.29 bits per heavy atom. The van der Waals surface area contributed by atoms with Crippen LogP contribution >= 0.6 is 11.6 Å². The van der Waals surface area contributed by atoms with Crippen LogP contribution in [0.5, 0.6) is 0 Å². The summed E-state index contributed by atoms with van der Waals surface area (Å²) in [6, 6.07) is 3.66. The Kier molecular flexibility index (Phi) is 2.49. The number of anilines is 2. The summed E-state index contributed by atoms with van der Waals surface area (Å²) >= 11 is 6.02. The molecule has 1 saturated heterocycles. The first-order valence-electron chi connectivity index (χ1n) is 5.75. The number of carbonyl (C=O) groups is 1. The quantitative estimate of drug-likeness (QED) is 0.732. The number of nitrogens with one attached hydrogen (secondary N) is 2. The van der Waals surface area contributed by atoms with E-state index < -0.39 is 0 Å². The fourth-order valence-electron chi connectivity index (χ4n) is 2.63. The van der Waals surface area contributed by atoms with Gasteiger partial charge in [-0.15, -0.1) is 0 Å². The van der Waals surface area contributed by atoms with Crippen molar-refractivity contribution in [2.75, 3.05) is 29.9 Å². The molecule has 4 nitrogen and oxygen atoms in total. The SMILES string of the molecule is Cc1cc(Cl)cc2c1N1CCNCC1C(=O)N2. The number of amides is 1. The molecule has 0 aliphatic carbocycles. The first-order chi connectivity index (χ1) is 8.16. The highest BCUT2D eigenvalue weighted by molar-refractivity contribution is 6.31. The van der Waals surface area contributed by atoms with Crippen LogP contribution in [0.2, 0.25) is 5.02 Å². The van der Waals surface area contributed by atoms with Crippen LogP contribution in [0, 0.1) is 6.92 Å². The predicted octanol–water partition coefficient (Wildman–Crippen LogP) is 1.38. The van der Waals surface area contributed by atoms with Gasteiger partial charge in [0.15, 0.2) is 0 Å². The van der Waals surface area contributed by atoms with E-state index in [0.717, 1.165) is 30.0 Å². The average Bonchev–Trinajstić information content (AvgIpc) is 2.28. The highest BCUT2D eigenvalue weighted by Crippen LogP contribution is 2.37. The van der Waals surface area contributed by atoms with Gasteiger partial charge < -0.3 is 15.5 Å². The number of nitrogens with zero attached hydrogens (tertiary/aromatic N) is 1. The lowest BCUT2D eigenvalue weighted by Crippen LogP contribution is -2.59. The number of fused-ring (bicyclic) bond motifs is 3. The molecule has 0 bridgehead atoms. The number of benzene rings is 1. The molecule has 17 heavy (non-hydrogen) atoms. The summed E-state index contributed by atoms with van der Waals surface area (Å²) in [6.45, 7) is 4.49. The number of hydrogen-bond donors (Lipinski definition) is 2. The van der Waals surface area contributed by atoms with E-state index >= 15 is 0 Å². The van der Waals surface area contributed by atoms with Crippen molar-refractivity contribution in [1.29, 1.82) is 0 Å². The van der Waals surface area contributed by atoms with E-state index in [2.05, 4.69) is 15.5 Å². The first kappa shape index (κ1) is 10.9. The van der Waals surface area contributed by atoms with E-state index in [1.807, 2.05) is 19.1 Å². The second-order valence-electron chi connectivity index (χ2n) is 4.52. The molecule has 0 radical (unpaired) electrons. The largest absolute Gasteiger partial charge is 0.355 e. The minimum absolute atomic E-state index is 0.0476. The highest BCUT2D eigenvalue weighted by Gasteiger charge is 2.35. The van der Waals surface area contributed by atoms with Gasteiger partial charge in [0.2, 0.25) is 5.91 Å². The maximum absolute atomic E-state index is 12.0. The summed E-state index contributed by atoms with van der Waals surface area (Å²) in [5.41, 5.74) is 3.05. The van der Waals surface area contributed by atoms with Crippen LogP contribution < -0.4 is 15.5 Å². The van der Waals surface area contributed by atoms with Crippen LogP contribution in [0.3, 0.4) is 0 Å². The Hall–Kier alpha value is -1.26. The van der Waals surface area contributed by atoms with Crippen LogP contribution in [-0.4, -0.2) is 31.6 Å². The molecule has 2 aliphatic heterocycles. The molecule has 1 amide bonds. The topological polar surface area (TPSA) is 44.4 Å². The fraction of sp³-hybridized carbons (Fsp3) is 0.417. The third-order valence-corrected chi connectivity index (χ3v) is 3.57. The van der Waals surface area contributed by atoms with Crippen molar-refractivity contribution in [3.8, 4) is 0 Å². The van der Waals surface area contributed by atoms with Crippen LogP contribution in [0.1, 0.15) is 5.56 Å². The average molecular weight is 252 g/mol. The lowest BCUT2D eigenvalue weighted by Gasteiger charge is -2.42. The summed E-state index contributed by atoms with van der Waals surface area (Å²) < 4.78 is 0. The maximum atomic E-state index is 12.0. The maximum Gasteiger partial charge on any atom is 0.248 e. The van der Waals surface area contributed by atoms with Gasteiger partial charge >= 0.3 is 0 Å². The minimum atomic E-state index is -0.101. The first-order valence-corrected chi connectivity index (χ1v) is 6.13. The van der Waals surface area contributed by atoms with Crippen LogP contribution in [0.15, 0.2) is 12.1 Å². The number of rotatable bonds is 0. The molecule has 2 aliphatic rings. The molecule has 0 spiro atoms. The van der Waals surface area contributed by atoms with E-state index in [-0.39, 0.29) is 11.9 Å². The normalized spacial score (nSPS) is 22.8. The second kappa shape index (κ2) is 3.89. The lowest BCUT2D eigenvalue weighted by molar-refractivity contribution is -0.117. The van der Waals surface area contributed by atoms with Gasteiger partial charge in [0, 0.05) is 24.7 Å². The van der Waals surface area contributed by atoms with E-state index in [1.54, 1.807) is 0 Å². The number of aryl methyl sites for hydroxylation is 1. The van der Waals surface area contributed by atoms with Crippen LogP contribution in [0.4, 0.5) is 11.4 Å². The van der Waals surface area contributed by atoms with Crippen LogP contribution in [-0.2, 0) is 4.79 Å². The molecular weight excluding hydrogens is 238 g/mol. The molecule has 1 atom stereocenters. The third kappa shape index (κ3) is 1.68. The van der Waals surface area contributed by atoms with E-state index in [1.165, 1.54) is 0 Å². The molecule has 1 unspecified atom stereocenters. The Balaban J connectivity index is 2.13. The summed E-state index contributed by atoms with van der Waals surface area (Å²) in [4.78, 5) is 14.2. The van der Waals surface area contributed by atoms with Crippen molar-refractivity contribution >= 4 is 28.9 Å². The van der Waals surface area contributed by atoms with Gasteiger partial charge in [-0.1, -0.05) is 11.6 Å². The molecule has 0 saturated carbocycles. The third-order valence-electron chi connectivity index (χ3n) is 3.36. The van der Waals surface area contributed by atoms with Gasteiger partial charge in [0.1, 0.15) is 6.04 Å². The summed E-state index contributed by atoms with van der Waals surface area (Å²) in [5.74, 6) is 0.0476. The van der Waals surface area contributed by atoms with Gasteiger partial charge in [-0.25, -0.2) is 0 Å². The monoisotopic (exact) mass is 251 g/mol. The number of hydrogen-bond acceptors (Lipinski definition) is 3. The zero-order valence-corrected chi connectivity index (χ0v) is 10.3. The molecule has 1 aromatic rings. The molecule has 2 heterocycles. The smallest absolute Gasteiger partial charge is 0.248 e. The molecule has 2 N–H and O–H groups in total. The highest BCUT2D eigenvalue weighted by atomic mass is 35.5. The summed E-state index contributed by atoms with van der Waals surface area (Å²) in [6.07, 6.45) is 0. The summed E-state index contributed by atoms with van der Waals surface area (Å²) in [7, 11) is 0. The van der Waals surface area contributed by atoms with Gasteiger partial charge in [0.25, 0.3) is 0 Å². The van der Waals surface area contributed by atoms with E-state index in [4.69, 9.17) is 11.6 Å². The van der Waals surface area contributed by atoms with Gasteiger partial charge in [0.05, 0.1) is 11.4 Å². The minimum Gasteiger partial charge on any atom is -0.355 e. The summed E-state index contributed by atoms with van der Waals surface area (Å²) in [5, 5.41) is 6.85. The molecule has 3 rings (SSSR count). The van der Waals surface area contributed by atoms with Crippen molar-refractivity contribution in [2.45, 2.75) is 13.0 Å². The van der Waals surface area contributed by atoms with Gasteiger partial charge in [-0.2, -0.15) is 0 Å². The second-order valence-corrected chi connectivity index (χ2v) is 4.96. The van der Waals surface area contributed by atoms with Crippen LogP contribution in [0.25, 0.3) is 0 Å². The molecular formula is C12H14ClN3O. The Morgan fingerprint density at radius 3 is 3.12 bits per heavy atom. The zero-order valence-electron chi connectivity index (χ0n) is 9.59. The van der Waals surface area contributed by atoms with Crippen molar-refractivity contribution in [3.05, 3.63) is 22.7 Å².